The van der Waals surface area contributed by atoms with E-state index in [0.717, 1.165) is 11.3 Å². The molecule has 0 aliphatic heterocycles. The number of carbonyl (C=O) groups is 1. The van der Waals surface area contributed by atoms with E-state index < -0.39 is 17.4 Å². The Bertz CT molecular complexity index is 1350. The molecule has 5 nitrogen and oxygen atoms in total. The summed E-state index contributed by atoms with van der Waals surface area (Å²) in [6, 6.07) is 20.7. The van der Waals surface area contributed by atoms with Crippen LogP contribution < -0.4 is 10.9 Å². The quantitative estimate of drug-likeness (QED) is 0.343. The van der Waals surface area contributed by atoms with Crippen molar-refractivity contribution in [3.63, 3.8) is 0 Å². The van der Waals surface area contributed by atoms with Crippen molar-refractivity contribution >= 4 is 45.6 Å². The van der Waals surface area contributed by atoms with Crippen molar-refractivity contribution < 1.29 is 9.90 Å². The second-order valence-electron chi connectivity index (χ2n) is 7.49. The molecule has 32 heavy (non-hydrogen) atoms. The molecule has 0 aliphatic rings. The number of pyridine rings is 1. The summed E-state index contributed by atoms with van der Waals surface area (Å²) < 4.78 is 1.38. The minimum Gasteiger partial charge on any atom is -0.506 e. The van der Waals surface area contributed by atoms with E-state index in [1.54, 1.807) is 55.6 Å². The van der Waals surface area contributed by atoms with Crippen LogP contribution in [0.1, 0.15) is 28.4 Å². The third-order valence-electron chi connectivity index (χ3n) is 5.40. The highest BCUT2D eigenvalue weighted by molar-refractivity contribution is 6.30. The van der Waals surface area contributed by atoms with E-state index in [0.29, 0.717) is 20.9 Å². The highest BCUT2D eigenvalue weighted by atomic mass is 35.5. The normalized spacial score (nSPS) is 12.0. The van der Waals surface area contributed by atoms with Gasteiger partial charge >= 0.3 is 0 Å². The molecule has 0 spiro atoms. The SMILES string of the molecule is Cn1c(=O)c(C(=O)CC(Nc2ccc(Cl)cc2)c2ccc(Cl)cc2)c(O)c2ccccc21. The van der Waals surface area contributed by atoms with E-state index in [1.165, 1.54) is 4.57 Å². The van der Waals surface area contributed by atoms with Gasteiger partial charge in [0, 0.05) is 34.6 Å². The maximum atomic E-state index is 13.3. The van der Waals surface area contributed by atoms with Crippen molar-refractivity contribution in [3.05, 3.63) is 104 Å². The molecule has 0 saturated carbocycles. The number of ketones is 1. The van der Waals surface area contributed by atoms with Gasteiger partial charge in [-0.2, -0.15) is 0 Å². The van der Waals surface area contributed by atoms with Gasteiger partial charge in [-0.1, -0.05) is 47.5 Å². The fourth-order valence-electron chi connectivity index (χ4n) is 3.71. The predicted octanol–water partition coefficient (Wildman–Crippen LogP) is 5.98. The van der Waals surface area contributed by atoms with Crippen LogP contribution in [0.5, 0.6) is 5.75 Å². The molecule has 0 amide bonds. The molecular weight excluding hydrogens is 447 g/mol. The third kappa shape index (κ3) is 4.35. The monoisotopic (exact) mass is 466 g/mol. The zero-order valence-corrected chi connectivity index (χ0v) is 18.7. The van der Waals surface area contributed by atoms with Crippen LogP contribution in [-0.4, -0.2) is 15.5 Å². The lowest BCUT2D eigenvalue weighted by molar-refractivity contribution is 0.0972. The molecule has 162 valence electrons. The smallest absolute Gasteiger partial charge is 0.265 e. The molecule has 4 aromatic rings. The van der Waals surface area contributed by atoms with Crippen molar-refractivity contribution in [2.75, 3.05) is 5.32 Å². The number of benzene rings is 3. The summed E-state index contributed by atoms with van der Waals surface area (Å²) in [4.78, 5) is 26.2. The zero-order chi connectivity index (χ0) is 22.8. The van der Waals surface area contributed by atoms with Gasteiger partial charge in [0.05, 0.1) is 11.6 Å². The molecule has 0 fully saturated rings. The van der Waals surface area contributed by atoms with Crippen LogP contribution in [0, 0.1) is 0 Å². The number of nitrogens with one attached hydrogen (secondary N) is 1. The van der Waals surface area contributed by atoms with Crippen LogP contribution in [0.2, 0.25) is 10.0 Å². The summed E-state index contributed by atoms with van der Waals surface area (Å²) in [7, 11) is 1.59. The zero-order valence-electron chi connectivity index (χ0n) is 17.2. The fraction of sp³-hybridized carbons (Fsp3) is 0.120. The Morgan fingerprint density at radius 2 is 1.56 bits per heavy atom. The Labute approximate surface area is 194 Å². The van der Waals surface area contributed by atoms with Gasteiger partial charge in [-0.3, -0.25) is 9.59 Å². The lowest BCUT2D eigenvalue weighted by Crippen LogP contribution is -2.26. The molecule has 7 heteroatoms. The number of aryl methyl sites for hydroxylation is 1. The van der Waals surface area contributed by atoms with Crippen LogP contribution in [0.3, 0.4) is 0 Å². The van der Waals surface area contributed by atoms with E-state index in [4.69, 9.17) is 23.2 Å². The lowest BCUT2D eigenvalue weighted by atomic mass is 9.96. The highest BCUT2D eigenvalue weighted by Crippen LogP contribution is 2.30. The largest absolute Gasteiger partial charge is 0.506 e. The number of para-hydroxylation sites is 1. The average molecular weight is 467 g/mol. The van der Waals surface area contributed by atoms with Gasteiger partial charge in [0.1, 0.15) is 11.3 Å². The van der Waals surface area contributed by atoms with Crippen molar-refractivity contribution in [2.24, 2.45) is 7.05 Å². The number of rotatable bonds is 6. The van der Waals surface area contributed by atoms with Gasteiger partial charge in [0.2, 0.25) is 0 Å². The molecule has 1 atom stereocenters. The lowest BCUT2D eigenvalue weighted by Gasteiger charge is -2.21. The molecule has 0 radical (unpaired) electrons. The summed E-state index contributed by atoms with van der Waals surface area (Å²) in [5.74, 6) is -0.759. The predicted molar refractivity (Wildman–Crippen MR) is 129 cm³/mol. The minimum atomic E-state index is -0.535. The number of nitrogens with zero attached hydrogens (tertiary/aromatic N) is 1. The molecule has 1 aromatic heterocycles. The second kappa shape index (κ2) is 9.07. The first-order valence-corrected chi connectivity index (χ1v) is 10.7. The number of carbonyl (C=O) groups excluding carboxylic acids is 1. The minimum absolute atomic E-state index is 0.0502. The van der Waals surface area contributed by atoms with Crippen LogP contribution in [0.15, 0.2) is 77.6 Å². The highest BCUT2D eigenvalue weighted by Gasteiger charge is 2.24. The summed E-state index contributed by atoms with van der Waals surface area (Å²) in [5.41, 5.74) is 1.38. The molecule has 3 aromatic carbocycles. The number of anilines is 1. The molecule has 1 unspecified atom stereocenters. The third-order valence-corrected chi connectivity index (χ3v) is 5.91. The van der Waals surface area contributed by atoms with Crippen LogP contribution in [-0.2, 0) is 7.05 Å². The Kier molecular flexibility index (Phi) is 6.21. The van der Waals surface area contributed by atoms with Crippen LogP contribution in [0.25, 0.3) is 10.9 Å². The number of halogens is 2. The van der Waals surface area contributed by atoms with Gasteiger partial charge in [0.15, 0.2) is 5.78 Å². The van der Waals surface area contributed by atoms with Crippen molar-refractivity contribution in [1.82, 2.24) is 4.57 Å². The van der Waals surface area contributed by atoms with E-state index in [-0.39, 0.29) is 17.7 Å². The molecule has 2 N–H and O–H groups in total. The van der Waals surface area contributed by atoms with Gasteiger partial charge in [-0.25, -0.2) is 0 Å². The van der Waals surface area contributed by atoms with Crippen LogP contribution >= 0.6 is 23.2 Å². The Balaban J connectivity index is 1.73. The van der Waals surface area contributed by atoms with E-state index in [1.807, 2.05) is 24.3 Å². The maximum Gasteiger partial charge on any atom is 0.265 e. The van der Waals surface area contributed by atoms with E-state index in [9.17, 15) is 14.7 Å². The number of hydrogen-bond donors (Lipinski definition) is 2. The second-order valence-corrected chi connectivity index (χ2v) is 8.36. The maximum absolute atomic E-state index is 13.3. The molecule has 1 heterocycles. The Morgan fingerprint density at radius 1 is 0.969 bits per heavy atom. The fourth-order valence-corrected chi connectivity index (χ4v) is 3.96. The summed E-state index contributed by atoms with van der Waals surface area (Å²) in [6.45, 7) is 0. The van der Waals surface area contributed by atoms with Gasteiger partial charge in [-0.15, -0.1) is 0 Å². The summed E-state index contributed by atoms with van der Waals surface area (Å²) >= 11 is 12.0. The number of fused-ring (bicyclic) bond motifs is 1. The standard InChI is InChI=1S/C25H20Cl2N2O3/c1-29-21-5-3-2-4-19(21)24(31)23(25(29)32)22(30)14-20(15-6-8-16(26)9-7-15)28-18-12-10-17(27)11-13-18/h2-13,20,28,31H,14H2,1H3. The van der Waals surface area contributed by atoms with Gasteiger partial charge in [0.25, 0.3) is 5.56 Å². The number of aromatic nitrogens is 1. The van der Waals surface area contributed by atoms with E-state index in [2.05, 4.69) is 5.32 Å². The average Bonchev–Trinajstić information content (AvgIpc) is 2.79. The molecule has 4 rings (SSSR count). The van der Waals surface area contributed by atoms with Gasteiger partial charge in [-0.05, 0) is 54.1 Å². The first kappa shape index (κ1) is 21.9. The summed E-state index contributed by atoms with van der Waals surface area (Å²) in [5, 5.41) is 15.7. The van der Waals surface area contributed by atoms with Crippen molar-refractivity contribution in [2.45, 2.75) is 12.5 Å². The molecule has 0 saturated heterocycles. The number of hydrogen-bond acceptors (Lipinski definition) is 4. The van der Waals surface area contributed by atoms with Gasteiger partial charge < -0.3 is 15.0 Å². The van der Waals surface area contributed by atoms with Crippen LogP contribution in [0.4, 0.5) is 5.69 Å². The Hall–Kier alpha value is -3.28. The topological polar surface area (TPSA) is 71.3 Å². The molecular formula is C25H20Cl2N2O3. The van der Waals surface area contributed by atoms with E-state index >= 15 is 0 Å². The summed E-state index contributed by atoms with van der Waals surface area (Å²) in [6.07, 6.45) is -0.0502. The number of Topliss-reactive ketones (excluding diaryl/α,β-unsaturated/α-hetero) is 1. The first-order chi connectivity index (χ1) is 15.3. The first-order valence-electron chi connectivity index (χ1n) is 9.96. The Morgan fingerprint density at radius 3 is 2.22 bits per heavy atom. The van der Waals surface area contributed by atoms with Crippen molar-refractivity contribution in [3.8, 4) is 5.75 Å². The molecule has 0 bridgehead atoms. The number of aromatic hydroxyl groups is 1. The molecule has 0 aliphatic carbocycles. The van der Waals surface area contributed by atoms with Crippen molar-refractivity contribution in [1.29, 1.82) is 0 Å².